The van der Waals surface area contributed by atoms with Gasteiger partial charge in [-0.1, -0.05) is 274 Å². The molecule has 0 fully saturated rings. The summed E-state index contributed by atoms with van der Waals surface area (Å²) in [6, 6.07) is 0. The summed E-state index contributed by atoms with van der Waals surface area (Å²) in [5.41, 5.74) is 0. The van der Waals surface area contributed by atoms with Crippen LogP contribution in [0.15, 0.2) is 60.8 Å². The molecule has 73 heavy (non-hydrogen) atoms. The highest BCUT2D eigenvalue weighted by atomic mass is 16.6. The van der Waals surface area contributed by atoms with Crippen molar-refractivity contribution in [3.05, 3.63) is 60.8 Å². The fourth-order valence-corrected chi connectivity index (χ4v) is 9.12. The second-order valence-corrected chi connectivity index (χ2v) is 21.3. The second kappa shape index (κ2) is 61.7. The molecule has 0 saturated heterocycles. The summed E-state index contributed by atoms with van der Waals surface area (Å²) in [7, 11) is 0. The first kappa shape index (κ1) is 70.1. The maximum atomic E-state index is 12.8. The second-order valence-electron chi connectivity index (χ2n) is 21.3. The standard InChI is InChI=1S/C67H120O6/c1-4-7-10-13-16-19-22-23-24-25-26-27-28-29-30-31-32-33-34-35-36-37-38-39-40-41-42-43-46-48-51-54-57-60-66(69)72-63-64(73-67(70)61-58-55-52-49-45-21-18-15-12-9-6-3)62-71-65(68)59-56-53-50-47-44-20-17-14-11-8-5-2/h14-15,17-18,22-23,25-26,28-29,64H,4-13,16,19-21,24,27,30-63H2,1-3H3/b17-14-,18-15-,23-22-,26-25-,29-28-. The number of carbonyl (C=O) groups is 3. The predicted octanol–water partition coefficient (Wildman–Crippen LogP) is 21.6. The van der Waals surface area contributed by atoms with Crippen molar-refractivity contribution in [3.63, 3.8) is 0 Å². The van der Waals surface area contributed by atoms with E-state index in [0.717, 1.165) is 89.9 Å². The van der Waals surface area contributed by atoms with Gasteiger partial charge in [-0.2, -0.15) is 0 Å². The summed E-state index contributed by atoms with van der Waals surface area (Å²) in [5.74, 6) is -0.886. The zero-order valence-corrected chi connectivity index (χ0v) is 48.7. The summed E-state index contributed by atoms with van der Waals surface area (Å²) in [5, 5.41) is 0. The van der Waals surface area contributed by atoms with Crippen molar-refractivity contribution in [1.29, 1.82) is 0 Å². The summed E-state index contributed by atoms with van der Waals surface area (Å²) >= 11 is 0. The van der Waals surface area contributed by atoms with Crippen LogP contribution in [0, 0.1) is 0 Å². The van der Waals surface area contributed by atoms with E-state index in [1.165, 1.54) is 199 Å². The van der Waals surface area contributed by atoms with Gasteiger partial charge in [0.1, 0.15) is 13.2 Å². The Morgan fingerprint density at radius 2 is 0.507 bits per heavy atom. The zero-order valence-electron chi connectivity index (χ0n) is 48.7. The van der Waals surface area contributed by atoms with Crippen molar-refractivity contribution in [2.24, 2.45) is 0 Å². The van der Waals surface area contributed by atoms with Crippen LogP contribution >= 0.6 is 0 Å². The lowest BCUT2D eigenvalue weighted by molar-refractivity contribution is -0.167. The smallest absolute Gasteiger partial charge is 0.306 e. The molecule has 0 aromatic rings. The number of esters is 3. The van der Waals surface area contributed by atoms with Crippen LogP contribution in [-0.2, 0) is 28.6 Å². The maximum Gasteiger partial charge on any atom is 0.306 e. The van der Waals surface area contributed by atoms with Gasteiger partial charge in [0.15, 0.2) is 6.10 Å². The van der Waals surface area contributed by atoms with Crippen LogP contribution in [0.1, 0.15) is 329 Å². The first-order chi connectivity index (χ1) is 36.0. The Morgan fingerprint density at radius 3 is 0.822 bits per heavy atom. The molecule has 0 radical (unpaired) electrons. The summed E-state index contributed by atoms with van der Waals surface area (Å²) in [4.78, 5) is 38.1. The quantitative estimate of drug-likeness (QED) is 0.0261. The van der Waals surface area contributed by atoms with Crippen LogP contribution in [0.2, 0.25) is 0 Å². The molecule has 0 heterocycles. The van der Waals surface area contributed by atoms with Crippen molar-refractivity contribution in [2.75, 3.05) is 13.2 Å². The number of unbranched alkanes of at least 4 members (excludes halogenated alkanes) is 37. The van der Waals surface area contributed by atoms with Gasteiger partial charge >= 0.3 is 17.9 Å². The van der Waals surface area contributed by atoms with E-state index in [4.69, 9.17) is 14.2 Å². The van der Waals surface area contributed by atoms with Crippen molar-refractivity contribution in [1.82, 2.24) is 0 Å². The Balaban J connectivity index is 4.02. The first-order valence-electron chi connectivity index (χ1n) is 31.8. The van der Waals surface area contributed by atoms with Crippen LogP contribution < -0.4 is 0 Å². The van der Waals surface area contributed by atoms with Crippen molar-refractivity contribution >= 4 is 17.9 Å². The van der Waals surface area contributed by atoms with E-state index in [1.807, 2.05) is 0 Å². The molecule has 0 aliphatic heterocycles. The van der Waals surface area contributed by atoms with E-state index in [0.29, 0.717) is 19.3 Å². The van der Waals surface area contributed by atoms with Crippen molar-refractivity contribution < 1.29 is 28.6 Å². The van der Waals surface area contributed by atoms with Crippen molar-refractivity contribution in [3.8, 4) is 0 Å². The van der Waals surface area contributed by atoms with Gasteiger partial charge in [-0.15, -0.1) is 0 Å². The molecule has 1 atom stereocenters. The lowest BCUT2D eigenvalue weighted by Gasteiger charge is -2.18. The van der Waals surface area contributed by atoms with Gasteiger partial charge in [-0.3, -0.25) is 14.4 Å². The molecule has 6 heteroatoms. The normalized spacial score (nSPS) is 12.4. The van der Waals surface area contributed by atoms with Gasteiger partial charge in [-0.25, -0.2) is 0 Å². The third kappa shape index (κ3) is 59.9. The Labute approximate surface area is 453 Å². The molecule has 0 rings (SSSR count). The minimum Gasteiger partial charge on any atom is -0.462 e. The lowest BCUT2D eigenvalue weighted by atomic mass is 10.0. The molecule has 0 aromatic carbocycles. The molecule has 0 aliphatic rings. The van der Waals surface area contributed by atoms with Crippen LogP contribution in [0.3, 0.4) is 0 Å². The molecule has 6 nitrogen and oxygen atoms in total. The van der Waals surface area contributed by atoms with Gasteiger partial charge < -0.3 is 14.2 Å². The molecule has 1 unspecified atom stereocenters. The van der Waals surface area contributed by atoms with E-state index in [1.54, 1.807) is 0 Å². The summed E-state index contributed by atoms with van der Waals surface area (Å²) in [6.45, 7) is 6.56. The molecule has 424 valence electrons. The highest BCUT2D eigenvalue weighted by molar-refractivity contribution is 5.71. The fourth-order valence-electron chi connectivity index (χ4n) is 9.12. The zero-order chi connectivity index (χ0) is 52.9. The molecule has 0 bridgehead atoms. The number of hydrogen-bond acceptors (Lipinski definition) is 6. The van der Waals surface area contributed by atoms with Gasteiger partial charge in [0.2, 0.25) is 0 Å². The number of rotatable bonds is 58. The third-order valence-corrected chi connectivity index (χ3v) is 14.0. The third-order valence-electron chi connectivity index (χ3n) is 14.0. The maximum absolute atomic E-state index is 12.8. The number of hydrogen-bond donors (Lipinski definition) is 0. The first-order valence-corrected chi connectivity index (χ1v) is 31.8. The van der Waals surface area contributed by atoms with Crippen LogP contribution in [-0.4, -0.2) is 37.2 Å². The van der Waals surface area contributed by atoms with Crippen LogP contribution in [0.4, 0.5) is 0 Å². The predicted molar refractivity (Wildman–Crippen MR) is 316 cm³/mol. The molecular formula is C67H120O6. The minimum absolute atomic E-state index is 0.0773. The van der Waals surface area contributed by atoms with E-state index < -0.39 is 6.10 Å². The highest BCUT2D eigenvalue weighted by Crippen LogP contribution is 2.17. The number of allylic oxidation sites excluding steroid dienone is 10. The molecule has 0 saturated carbocycles. The van der Waals surface area contributed by atoms with Crippen LogP contribution in [0.5, 0.6) is 0 Å². The topological polar surface area (TPSA) is 78.9 Å². The van der Waals surface area contributed by atoms with Gasteiger partial charge in [-0.05, 0) is 96.3 Å². The van der Waals surface area contributed by atoms with Gasteiger partial charge in [0.05, 0.1) is 0 Å². The molecule has 0 amide bonds. The average Bonchev–Trinajstić information content (AvgIpc) is 3.39. The summed E-state index contributed by atoms with van der Waals surface area (Å²) < 4.78 is 16.8. The minimum atomic E-state index is -0.778. The molecule has 0 N–H and O–H groups in total. The largest absolute Gasteiger partial charge is 0.462 e. The highest BCUT2D eigenvalue weighted by Gasteiger charge is 2.19. The fraction of sp³-hybridized carbons (Fsp3) is 0.806. The van der Waals surface area contributed by atoms with Crippen molar-refractivity contribution in [2.45, 2.75) is 335 Å². The Kier molecular flexibility index (Phi) is 59.2. The Morgan fingerprint density at radius 1 is 0.274 bits per heavy atom. The Bertz CT molecular complexity index is 1310. The monoisotopic (exact) mass is 1020 g/mol. The molecule has 0 spiro atoms. The summed E-state index contributed by atoms with van der Waals surface area (Å²) in [6.07, 6.45) is 78.3. The number of ether oxygens (including phenoxy) is 3. The SMILES string of the molecule is CCCC/C=C\CCCCCCCC(=O)OCC(COC(=O)CCCCCCCCCCCCCCCCCCCC/C=C\C/C=C\C/C=C\CCCCCCC)OC(=O)CCCCCCC/C=C\CCCC. The Hall–Kier alpha value is -2.89. The lowest BCUT2D eigenvalue weighted by Crippen LogP contribution is -2.30. The average molecular weight is 1020 g/mol. The van der Waals surface area contributed by atoms with E-state index in [2.05, 4.69) is 81.5 Å². The van der Waals surface area contributed by atoms with E-state index in [-0.39, 0.29) is 31.1 Å². The number of carbonyl (C=O) groups excluding carboxylic acids is 3. The van der Waals surface area contributed by atoms with E-state index in [9.17, 15) is 14.4 Å². The molecule has 0 aromatic heterocycles. The molecular weight excluding hydrogens is 901 g/mol. The molecule has 0 aliphatic carbocycles. The van der Waals surface area contributed by atoms with Gasteiger partial charge in [0, 0.05) is 19.3 Å². The van der Waals surface area contributed by atoms with Gasteiger partial charge in [0.25, 0.3) is 0 Å². The van der Waals surface area contributed by atoms with Crippen LogP contribution in [0.25, 0.3) is 0 Å². The van der Waals surface area contributed by atoms with E-state index >= 15 is 0 Å².